The predicted octanol–water partition coefficient (Wildman–Crippen LogP) is 20.1. The van der Waals surface area contributed by atoms with Gasteiger partial charge in [0.25, 0.3) is 0 Å². The predicted molar refractivity (Wildman–Crippen MR) is 345 cm³/mol. The molecule has 0 saturated carbocycles. The maximum atomic E-state index is 7.21. The van der Waals surface area contributed by atoms with Crippen LogP contribution in [0.4, 0.5) is 11.4 Å². The molecule has 0 aliphatic carbocycles. The number of pyridine rings is 1. The van der Waals surface area contributed by atoms with Crippen molar-refractivity contribution >= 4 is 33.2 Å². The van der Waals surface area contributed by atoms with Crippen molar-refractivity contribution in [3.8, 4) is 28.4 Å². The molecule has 0 amide bonds. The second-order valence-corrected chi connectivity index (χ2v) is 27.2. The molecule has 0 radical (unpaired) electrons. The van der Waals surface area contributed by atoms with Gasteiger partial charge in [-0.3, -0.25) is 0 Å². The summed E-state index contributed by atoms with van der Waals surface area (Å²) in [5.74, 6) is 2.01. The van der Waals surface area contributed by atoms with Gasteiger partial charge in [0.2, 0.25) is 0 Å². The first-order chi connectivity index (χ1) is 38.8. The van der Waals surface area contributed by atoms with Gasteiger partial charge in [0.15, 0.2) is 0 Å². The first kappa shape index (κ1) is 58.7. The van der Waals surface area contributed by atoms with E-state index in [1.54, 1.807) is 0 Å². The van der Waals surface area contributed by atoms with E-state index in [-0.39, 0.29) is 42.7 Å². The molecule has 0 N–H and O–H groups in total. The molecular formula is C77H79N4OPt-3. The topological polar surface area (TPSA) is 33.5 Å². The summed E-state index contributed by atoms with van der Waals surface area (Å²) in [6.07, 6.45) is 1.94. The molecule has 0 fully saturated rings. The van der Waals surface area contributed by atoms with Crippen molar-refractivity contribution in [1.29, 1.82) is 0 Å². The van der Waals surface area contributed by atoms with Crippen LogP contribution in [-0.2, 0) is 53.6 Å². The number of aromatic nitrogens is 2. The van der Waals surface area contributed by atoms with Gasteiger partial charge in [-0.05, 0) is 96.5 Å². The minimum atomic E-state index is -0.511. The molecule has 0 bridgehead atoms. The van der Waals surface area contributed by atoms with Gasteiger partial charge in [0.1, 0.15) is 5.82 Å². The van der Waals surface area contributed by atoms with Gasteiger partial charge in [-0.15, -0.1) is 53.6 Å². The second-order valence-electron chi connectivity index (χ2n) is 27.2. The number of hydrogen-bond donors (Lipinski definition) is 0. The Hall–Kier alpha value is -7.46. The van der Waals surface area contributed by atoms with Gasteiger partial charge in [0, 0.05) is 77.6 Å². The number of ether oxygens (including phenoxy) is 1. The van der Waals surface area contributed by atoms with E-state index in [0.29, 0.717) is 11.5 Å². The molecule has 5 nitrogen and oxygen atoms in total. The Morgan fingerprint density at radius 2 is 0.904 bits per heavy atom. The van der Waals surface area contributed by atoms with Crippen LogP contribution in [0, 0.1) is 18.8 Å². The molecule has 8 aromatic carbocycles. The third-order valence-corrected chi connectivity index (χ3v) is 17.2. The van der Waals surface area contributed by atoms with Crippen LogP contribution < -0.4 is 14.5 Å². The van der Waals surface area contributed by atoms with Crippen LogP contribution in [0.5, 0.6) is 11.5 Å². The molecule has 0 atom stereocenters. The van der Waals surface area contributed by atoms with E-state index in [4.69, 9.17) is 9.72 Å². The molecule has 426 valence electrons. The van der Waals surface area contributed by atoms with Crippen molar-refractivity contribution in [1.82, 2.24) is 9.55 Å². The Balaban J connectivity index is 0.00000769. The zero-order valence-electron chi connectivity index (χ0n) is 51.1. The Morgan fingerprint density at radius 3 is 1.45 bits per heavy atom. The fourth-order valence-corrected chi connectivity index (χ4v) is 11.9. The van der Waals surface area contributed by atoms with Crippen LogP contribution in [0.2, 0.25) is 0 Å². The molecule has 0 saturated heterocycles. The van der Waals surface area contributed by atoms with Gasteiger partial charge in [-0.2, -0.15) is 6.07 Å². The maximum Gasteiger partial charge on any atom is 0.135 e. The average Bonchev–Trinajstić information content (AvgIpc) is 1.93. The SMILES string of the molecule is CC(C)(C)c1cc(Oc2[c-]c3c(cc2)c2cc(-c4ccccc4)ccc2n3-c2cc(C(C)(C)c3ccccc3)ccn2)[c-]c(N2[CH-]N(c3cc(C(C)(C)C)cc(C(C)(C)C)c3)C(C(C)(C)c3ccccc3)=C2C(C)(C)c2ccccc2)c1.[Pt]. The van der Waals surface area contributed by atoms with Gasteiger partial charge in [-0.25, -0.2) is 4.98 Å². The van der Waals surface area contributed by atoms with Crippen molar-refractivity contribution < 1.29 is 25.8 Å². The largest absolute Gasteiger partial charge is 0.509 e. The molecule has 10 aromatic rings. The standard InChI is InChI=1S/C77H79N4O.Pt/c1-72(2,3)58-43-59(73(4,5)6)45-61(44-58)79-51-80(71(77(14,15)56-34-26-19-27-35-56)70(79)76(12,13)55-32-24-18-25-33-55)62-46-60(74(7,8)9)47-64(49-62)82-63-37-38-65-66-42-53(52-28-20-16-21-29-52)36-39-67(66)81(68(65)50-63)69-48-57(40-41-78-69)75(10,11)54-30-22-17-23-31-54;/h16-48,51H,1-15H3;/q-3;. The Labute approximate surface area is 509 Å². The zero-order chi connectivity index (χ0) is 58.1. The van der Waals surface area contributed by atoms with E-state index in [2.05, 4.69) is 331 Å². The molecule has 11 rings (SSSR count). The number of fused-ring (bicyclic) bond motifs is 3. The van der Waals surface area contributed by atoms with Crippen LogP contribution >= 0.6 is 0 Å². The van der Waals surface area contributed by atoms with Gasteiger partial charge >= 0.3 is 0 Å². The summed E-state index contributed by atoms with van der Waals surface area (Å²) < 4.78 is 9.46. The van der Waals surface area contributed by atoms with E-state index < -0.39 is 10.8 Å². The Kier molecular flexibility index (Phi) is 15.5. The summed E-state index contributed by atoms with van der Waals surface area (Å²) in [6.45, 7) is 37.2. The van der Waals surface area contributed by atoms with Crippen LogP contribution in [0.1, 0.15) is 143 Å². The molecule has 6 heteroatoms. The quantitative estimate of drug-likeness (QED) is 0.114. The number of rotatable bonds is 12. The molecule has 0 spiro atoms. The third-order valence-electron chi connectivity index (χ3n) is 17.2. The minimum absolute atomic E-state index is 0. The summed E-state index contributed by atoms with van der Waals surface area (Å²) in [7, 11) is 0. The monoisotopic (exact) mass is 1270 g/mol. The van der Waals surface area contributed by atoms with E-state index in [1.165, 1.54) is 39.1 Å². The van der Waals surface area contributed by atoms with Crippen molar-refractivity contribution in [3.63, 3.8) is 0 Å². The third kappa shape index (κ3) is 11.3. The average molecular weight is 1270 g/mol. The fourth-order valence-electron chi connectivity index (χ4n) is 11.9. The van der Waals surface area contributed by atoms with Crippen molar-refractivity contribution in [2.75, 3.05) is 9.80 Å². The van der Waals surface area contributed by atoms with Crippen molar-refractivity contribution in [2.45, 2.75) is 136 Å². The molecule has 1 aliphatic heterocycles. The first-order valence-electron chi connectivity index (χ1n) is 29.1. The number of anilines is 2. The molecule has 0 unspecified atom stereocenters. The van der Waals surface area contributed by atoms with Crippen LogP contribution in [0.3, 0.4) is 0 Å². The van der Waals surface area contributed by atoms with Crippen LogP contribution in [-0.4, -0.2) is 9.55 Å². The first-order valence-corrected chi connectivity index (χ1v) is 29.1. The van der Waals surface area contributed by atoms with Gasteiger partial charge < -0.3 is 19.1 Å². The minimum Gasteiger partial charge on any atom is -0.509 e. The number of allylic oxidation sites excluding steroid dienone is 2. The number of benzene rings is 8. The fraction of sp³-hybridized carbons (Fsp3) is 0.273. The second kappa shape index (κ2) is 21.9. The number of nitrogens with zero attached hydrogens (tertiary/aromatic N) is 4. The summed E-state index contributed by atoms with van der Waals surface area (Å²) in [6, 6.07) is 78.1. The van der Waals surface area contributed by atoms with Crippen LogP contribution in [0.25, 0.3) is 38.8 Å². The van der Waals surface area contributed by atoms with Gasteiger partial charge in [0.05, 0.1) is 0 Å². The molecule has 3 heterocycles. The number of hydrogen-bond acceptors (Lipinski definition) is 4. The maximum absolute atomic E-state index is 7.21. The molecule has 83 heavy (non-hydrogen) atoms. The zero-order valence-corrected chi connectivity index (χ0v) is 53.4. The van der Waals surface area contributed by atoms with Crippen molar-refractivity contribution in [3.05, 3.63) is 269 Å². The van der Waals surface area contributed by atoms with Crippen molar-refractivity contribution in [2.24, 2.45) is 0 Å². The van der Waals surface area contributed by atoms with Gasteiger partial charge in [-0.1, -0.05) is 249 Å². The molecule has 1 aliphatic rings. The summed E-state index contributed by atoms with van der Waals surface area (Å²) in [5, 5.41) is 2.18. The van der Waals surface area contributed by atoms with E-state index in [0.717, 1.165) is 61.4 Å². The summed E-state index contributed by atoms with van der Waals surface area (Å²) in [5.41, 5.74) is 15.5. The normalized spacial score (nSPS) is 13.7. The van der Waals surface area contributed by atoms with E-state index >= 15 is 0 Å². The smallest absolute Gasteiger partial charge is 0.135 e. The van der Waals surface area contributed by atoms with Crippen LogP contribution in [0.15, 0.2) is 212 Å². The molecule has 2 aromatic heterocycles. The van der Waals surface area contributed by atoms with E-state index in [1.807, 2.05) is 6.20 Å². The molecular weight excluding hydrogens is 1190 g/mol. The Morgan fingerprint density at radius 1 is 0.398 bits per heavy atom. The summed E-state index contributed by atoms with van der Waals surface area (Å²) >= 11 is 0. The Bertz CT molecular complexity index is 3970. The van der Waals surface area contributed by atoms with E-state index in [9.17, 15) is 0 Å². The summed E-state index contributed by atoms with van der Waals surface area (Å²) in [4.78, 5) is 10.0.